The number of ketones is 1. The van der Waals surface area contributed by atoms with Crippen LogP contribution >= 0.6 is 0 Å². The highest BCUT2D eigenvalue weighted by molar-refractivity contribution is 6.00. The van der Waals surface area contributed by atoms with Gasteiger partial charge in [0.15, 0.2) is 5.78 Å². The van der Waals surface area contributed by atoms with Gasteiger partial charge in [-0.1, -0.05) is 19.8 Å². The zero-order chi connectivity index (χ0) is 15.7. The molecule has 3 unspecified atom stereocenters. The topological polar surface area (TPSA) is 46.5 Å². The van der Waals surface area contributed by atoms with E-state index in [0.717, 1.165) is 61.8 Å². The molecule has 3 atom stereocenters. The standard InChI is InChI=1S/C19H26O3/c1-13-6-3-4-11-19(13,21)17-8-5-7-14-12-15(22-2)9-10-16(14)18(17)20/h9-10,12-13,17,21H,3-8,11H2,1-2H3. The molecular weight excluding hydrogens is 276 g/mol. The number of Topliss-reactive ketones (excluding diaryl/α,β-unsaturated/α-hetero) is 1. The van der Waals surface area contributed by atoms with Gasteiger partial charge >= 0.3 is 0 Å². The molecule has 1 fully saturated rings. The number of aliphatic hydroxyl groups is 1. The number of ether oxygens (including phenoxy) is 1. The van der Waals surface area contributed by atoms with Crippen molar-refractivity contribution in [3.05, 3.63) is 29.3 Å². The Morgan fingerprint density at radius 2 is 2.05 bits per heavy atom. The molecule has 1 aromatic carbocycles. The van der Waals surface area contributed by atoms with E-state index in [1.165, 1.54) is 0 Å². The number of hydrogen-bond donors (Lipinski definition) is 1. The molecule has 0 aromatic heterocycles. The number of aryl methyl sites for hydroxylation is 1. The molecule has 0 bridgehead atoms. The molecule has 0 saturated heterocycles. The fraction of sp³-hybridized carbons (Fsp3) is 0.632. The maximum Gasteiger partial charge on any atom is 0.169 e. The summed E-state index contributed by atoms with van der Waals surface area (Å²) in [4.78, 5) is 13.1. The second-order valence-electron chi connectivity index (χ2n) is 6.97. The first-order valence-corrected chi connectivity index (χ1v) is 8.50. The van der Waals surface area contributed by atoms with Crippen LogP contribution in [0, 0.1) is 11.8 Å². The van der Waals surface area contributed by atoms with E-state index in [1.807, 2.05) is 18.2 Å². The first kappa shape index (κ1) is 15.5. The van der Waals surface area contributed by atoms with Gasteiger partial charge in [-0.2, -0.15) is 0 Å². The van der Waals surface area contributed by atoms with Crippen LogP contribution < -0.4 is 4.74 Å². The Balaban J connectivity index is 1.95. The molecule has 0 radical (unpaired) electrons. The number of carbonyl (C=O) groups excluding carboxylic acids is 1. The van der Waals surface area contributed by atoms with Crippen molar-refractivity contribution < 1.29 is 14.6 Å². The molecule has 22 heavy (non-hydrogen) atoms. The fourth-order valence-electron chi connectivity index (χ4n) is 4.31. The zero-order valence-corrected chi connectivity index (χ0v) is 13.6. The first-order valence-electron chi connectivity index (χ1n) is 8.50. The van der Waals surface area contributed by atoms with Gasteiger partial charge < -0.3 is 9.84 Å². The van der Waals surface area contributed by atoms with Crippen molar-refractivity contribution >= 4 is 5.78 Å². The van der Waals surface area contributed by atoms with Gasteiger partial charge in [-0.05, 0) is 61.8 Å². The van der Waals surface area contributed by atoms with Crippen LogP contribution in [-0.4, -0.2) is 23.6 Å². The molecule has 0 heterocycles. The largest absolute Gasteiger partial charge is 0.497 e. The molecule has 1 N–H and O–H groups in total. The number of fused-ring (bicyclic) bond motifs is 1. The van der Waals surface area contributed by atoms with E-state index in [-0.39, 0.29) is 17.6 Å². The summed E-state index contributed by atoms with van der Waals surface area (Å²) in [5, 5.41) is 11.2. The maximum absolute atomic E-state index is 13.1. The molecule has 1 saturated carbocycles. The minimum Gasteiger partial charge on any atom is -0.497 e. The number of hydrogen-bond acceptors (Lipinski definition) is 3. The predicted octanol–water partition coefficient (Wildman–Crippen LogP) is 3.77. The highest BCUT2D eigenvalue weighted by atomic mass is 16.5. The van der Waals surface area contributed by atoms with Gasteiger partial charge in [0, 0.05) is 5.56 Å². The van der Waals surface area contributed by atoms with Crippen LogP contribution in [-0.2, 0) is 6.42 Å². The van der Waals surface area contributed by atoms with E-state index >= 15 is 0 Å². The Labute approximate surface area is 132 Å². The summed E-state index contributed by atoms with van der Waals surface area (Å²) < 4.78 is 5.28. The van der Waals surface area contributed by atoms with E-state index in [9.17, 15) is 9.90 Å². The van der Waals surface area contributed by atoms with Gasteiger partial charge in [-0.25, -0.2) is 0 Å². The van der Waals surface area contributed by atoms with Crippen LogP contribution in [0.3, 0.4) is 0 Å². The van der Waals surface area contributed by atoms with Gasteiger partial charge in [0.05, 0.1) is 18.6 Å². The second kappa shape index (κ2) is 6.04. The van der Waals surface area contributed by atoms with Gasteiger partial charge in [-0.3, -0.25) is 4.79 Å². The molecule has 0 spiro atoms. The van der Waals surface area contributed by atoms with Crippen molar-refractivity contribution in [2.24, 2.45) is 11.8 Å². The van der Waals surface area contributed by atoms with Crippen molar-refractivity contribution in [1.82, 2.24) is 0 Å². The SMILES string of the molecule is COc1ccc2c(c1)CCCC(C1(O)CCCCC1C)C2=O. The predicted molar refractivity (Wildman–Crippen MR) is 86.3 cm³/mol. The van der Waals surface area contributed by atoms with Crippen LogP contribution in [0.5, 0.6) is 5.75 Å². The Morgan fingerprint density at radius 3 is 2.77 bits per heavy atom. The second-order valence-corrected chi connectivity index (χ2v) is 6.97. The van der Waals surface area contributed by atoms with Crippen molar-refractivity contribution in [3.8, 4) is 5.75 Å². The van der Waals surface area contributed by atoms with Gasteiger partial charge in [-0.15, -0.1) is 0 Å². The lowest BCUT2D eigenvalue weighted by molar-refractivity contribution is -0.0792. The van der Waals surface area contributed by atoms with Crippen molar-refractivity contribution in [1.29, 1.82) is 0 Å². The summed E-state index contributed by atoms with van der Waals surface area (Å²) in [5.74, 6) is 0.883. The number of methoxy groups -OCH3 is 1. The molecule has 2 aliphatic carbocycles. The van der Waals surface area contributed by atoms with Crippen LogP contribution in [0.25, 0.3) is 0 Å². The highest BCUT2D eigenvalue weighted by Gasteiger charge is 2.47. The summed E-state index contributed by atoms with van der Waals surface area (Å²) >= 11 is 0. The van der Waals surface area contributed by atoms with Crippen molar-refractivity contribution in [2.75, 3.05) is 7.11 Å². The Kier molecular flexibility index (Phi) is 4.26. The molecular formula is C19H26O3. The number of rotatable bonds is 2. The lowest BCUT2D eigenvalue weighted by Crippen LogP contribution is -2.49. The Bertz CT molecular complexity index is 566. The average molecular weight is 302 g/mol. The third-order valence-corrected chi connectivity index (χ3v) is 5.75. The maximum atomic E-state index is 13.1. The van der Waals surface area contributed by atoms with Crippen LogP contribution in [0.2, 0.25) is 0 Å². The summed E-state index contributed by atoms with van der Waals surface area (Å²) in [6, 6.07) is 5.71. The summed E-state index contributed by atoms with van der Waals surface area (Å²) in [5.41, 5.74) is 1.03. The molecule has 2 aliphatic rings. The van der Waals surface area contributed by atoms with E-state index in [0.29, 0.717) is 0 Å². The average Bonchev–Trinajstić information content (AvgIpc) is 2.69. The molecule has 1 aromatic rings. The van der Waals surface area contributed by atoms with Gasteiger partial charge in [0.2, 0.25) is 0 Å². The first-order chi connectivity index (χ1) is 10.6. The quantitative estimate of drug-likeness (QED) is 0.846. The number of benzene rings is 1. The highest BCUT2D eigenvalue weighted by Crippen LogP contribution is 2.43. The van der Waals surface area contributed by atoms with Gasteiger partial charge in [0.25, 0.3) is 0 Å². The molecule has 3 nitrogen and oxygen atoms in total. The molecule has 3 rings (SSSR count). The van der Waals surface area contributed by atoms with E-state index < -0.39 is 5.60 Å². The fourth-order valence-corrected chi connectivity index (χ4v) is 4.31. The van der Waals surface area contributed by atoms with Crippen molar-refractivity contribution in [2.45, 2.75) is 57.5 Å². The van der Waals surface area contributed by atoms with E-state index in [4.69, 9.17) is 4.74 Å². The zero-order valence-electron chi connectivity index (χ0n) is 13.6. The monoisotopic (exact) mass is 302 g/mol. The van der Waals surface area contributed by atoms with Crippen molar-refractivity contribution in [3.63, 3.8) is 0 Å². The summed E-state index contributed by atoms with van der Waals surface area (Å²) in [6.07, 6.45) is 6.60. The van der Waals surface area contributed by atoms with Crippen LogP contribution in [0.15, 0.2) is 18.2 Å². The normalized spacial score (nSPS) is 32.2. The smallest absolute Gasteiger partial charge is 0.169 e. The summed E-state index contributed by atoms with van der Waals surface area (Å²) in [6.45, 7) is 2.10. The molecule has 120 valence electrons. The Hall–Kier alpha value is -1.35. The third-order valence-electron chi connectivity index (χ3n) is 5.75. The van der Waals surface area contributed by atoms with Gasteiger partial charge in [0.1, 0.15) is 5.75 Å². The van der Waals surface area contributed by atoms with E-state index in [2.05, 4.69) is 6.92 Å². The Morgan fingerprint density at radius 1 is 1.23 bits per heavy atom. The third kappa shape index (κ3) is 2.56. The summed E-state index contributed by atoms with van der Waals surface area (Å²) in [7, 11) is 1.65. The minimum atomic E-state index is -0.823. The molecule has 0 aliphatic heterocycles. The van der Waals surface area contributed by atoms with E-state index in [1.54, 1.807) is 7.11 Å². The van der Waals surface area contributed by atoms with Crippen LogP contribution in [0.4, 0.5) is 0 Å². The lowest BCUT2D eigenvalue weighted by Gasteiger charge is -2.43. The molecule has 3 heteroatoms. The minimum absolute atomic E-state index is 0.131. The lowest BCUT2D eigenvalue weighted by atomic mass is 9.66. The number of carbonyl (C=O) groups is 1. The van der Waals surface area contributed by atoms with Crippen LogP contribution in [0.1, 0.15) is 61.4 Å². The molecule has 0 amide bonds.